The zero-order valence-corrected chi connectivity index (χ0v) is 18.1. The van der Waals surface area contributed by atoms with Gasteiger partial charge in [0.2, 0.25) is 0 Å². The van der Waals surface area contributed by atoms with Gasteiger partial charge < -0.3 is 9.47 Å². The van der Waals surface area contributed by atoms with Gasteiger partial charge in [0.1, 0.15) is 11.5 Å². The number of carbonyl (C=O) groups excluding carboxylic acids is 1. The minimum Gasteiger partial charge on any atom is -0.496 e. The van der Waals surface area contributed by atoms with Crippen molar-refractivity contribution in [3.8, 4) is 27.9 Å². The molecule has 0 fully saturated rings. The summed E-state index contributed by atoms with van der Waals surface area (Å²) in [5.41, 5.74) is 1.37. The zero-order chi connectivity index (χ0) is 20.9. The molecule has 30 heavy (non-hydrogen) atoms. The third kappa shape index (κ3) is 3.96. The Labute approximate surface area is 182 Å². The first-order chi connectivity index (χ1) is 14.7. The maximum Gasteiger partial charge on any atom is 0.196 e. The first kappa shape index (κ1) is 20.2. The van der Waals surface area contributed by atoms with Gasteiger partial charge in [0, 0.05) is 0 Å². The van der Waals surface area contributed by atoms with Crippen molar-refractivity contribution < 1.29 is 14.3 Å². The van der Waals surface area contributed by atoms with Gasteiger partial charge in [-0.3, -0.25) is 9.36 Å². The number of aromatic nitrogens is 3. The van der Waals surface area contributed by atoms with Crippen LogP contribution in [0.1, 0.15) is 10.4 Å². The molecule has 2 aromatic carbocycles. The van der Waals surface area contributed by atoms with E-state index in [2.05, 4.69) is 10.2 Å². The molecule has 0 spiro atoms. The molecule has 0 unspecified atom stereocenters. The lowest BCUT2D eigenvalue weighted by Gasteiger charge is -2.13. The van der Waals surface area contributed by atoms with E-state index >= 15 is 0 Å². The molecule has 0 bridgehead atoms. The van der Waals surface area contributed by atoms with E-state index < -0.39 is 0 Å². The first-order valence-electron chi connectivity index (χ1n) is 9.14. The van der Waals surface area contributed by atoms with Crippen LogP contribution < -0.4 is 9.47 Å². The smallest absolute Gasteiger partial charge is 0.196 e. The molecule has 2 aromatic heterocycles. The highest BCUT2D eigenvalue weighted by Crippen LogP contribution is 2.34. The van der Waals surface area contributed by atoms with Gasteiger partial charge in [0.25, 0.3) is 0 Å². The average Bonchev–Trinajstić information content (AvgIpc) is 3.47. The predicted octanol–water partition coefficient (Wildman–Crippen LogP) is 4.99. The van der Waals surface area contributed by atoms with Gasteiger partial charge >= 0.3 is 0 Å². The van der Waals surface area contributed by atoms with Gasteiger partial charge in [-0.05, 0) is 35.7 Å². The molecule has 4 rings (SSSR count). The number of carbonyl (C=O) groups is 1. The number of rotatable bonds is 8. The van der Waals surface area contributed by atoms with E-state index in [0.29, 0.717) is 28.0 Å². The lowest BCUT2D eigenvalue weighted by Crippen LogP contribution is -2.07. The highest BCUT2D eigenvalue weighted by molar-refractivity contribution is 7.99. The van der Waals surface area contributed by atoms with Crippen LogP contribution in [0.4, 0.5) is 0 Å². The minimum absolute atomic E-state index is 0.0373. The average molecular weight is 438 g/mol. The van der Waals surface area contributed by atoms with Crippen LogP contribution in [-0.2, 0) is 0 Å². The third-order valence-corrected chi connectivity index (χ3v) is 6.24. The molecule has 0 aliphatic carbocycles. The molecule has 0 saturated heterocycles. The SMILES string of the molecule is COc1ccccc1C(=O)CSc1nnc(-c2cccs2)n1-c1ccccc1OC. The van der Waals surface area contributed by atoms with Crippen molar-refractivity contribution in [2.24, 2.45) is 0 Å². The first-order valence-corrected chi connectivity index (χ1v) is 11.0. The largest absolute Gasteiger partial charge is 0.496 e. The van der Waals surface area contributed by atoms with Gasteiger partial charge in [-0.15, -0.1) is 21.5 Å². The van der Waals surface area contributed by atoms with Crippen LogP contribution in [0.5, 0.6) is 11.5 Å². The number of Topliss-reactive ketones (excluding diaryl/α,β-unsaturated/α-hetero) is 1. The number of ether oxygens (including phenoxy) is 2. The lowest BCUT2D eigenvalue weighted by atomic mass is 10.1. The maximum atomic E-state index is 12.8. The fraction of sp³-hybridized carbons (Fsp3) is 0.136. The molecular formula is C22H19N3O3S2. The van der Waals surface area contributed by atoms with Gasteiger partial charge in [-0.1, -0.05) is 42.1 Å². The molecule has 4 aromatic rings. The van der Waals surface area contributed by atoms with Gasteiger partial charge in [0.05, 0.1) is 36.1 Å². The van der Waals surface area contributed by atoms with Gasteiger partial charge in [-0.2, -0.15) is 0 Å². The van der Waals surface area contributed by atoms with Crippen molar-refractivity contribution >= 4 is 28.9 Å². The summed E-state index contributed by atoms with van der Waals surface area (Å²) in [4.78, 5) is 13.8. The number of ketones is 1. The quantitative estimate of drug-likeness (QED) is 0.286. The summed E-state index contributed by atoms with van der Waals surface area (Å²) in [6.07, 6.45) is 0. The van der Waals surface area contributed by atoms with E-state index in [0.717, 1.165) is 10.6 Å². The normalized spacial score (nSPS) is 10.7. The van der Waals surface area contributed by atoms with E-state index in [9.17, 15) is 4.79 Å². The van der Waals surface area contributed by atoms with Crippen molar-refractivity contribution in [1.29, 1.82) is 0 Å². The summed E-state index contributed by atoms with van der Waals surface area (Å²) >= 11 is 2.92. The summed E-state index contributed by atoms with van der Waals surface area (Å²) in [5, 5.41) is 11.4. The Morgan fingerprint density at radius 3 is 2.43 bits per heavy atom. The number of thioether (sulfide) groups is 1. The van der Waals surface area contributed by atoms with Crippen molar-refractivity contribution in [3.63, 3.8) is 0 Å². The molecule has 0 aliphatic rings. The summed E-state index contributed by atoms with van der Waals surface area (Å²) in [7, 11) is 3.19. The zero-order valence-electron chi connectivity index (χ0n) is 16.4. The van der Waals surface area contributed by atoms with Crippen LogP contribution >= 0.6 is 23.1 Å². The molecule has 8 heteroatoms. The summed E-state index contributed by atoms with van der Waals surface area (Å²) < 4.78 is 12.8. The van der Waals surface area contributed by atoms with E-state index in [-0.39, 0.29) is 11.5 Å². The molecule has 2 heterocycles. The second-order valence-electron chi connectivity index (χ2n) is 6.20. The van der Waals surface area contributed by atoms with Crippen LogP contribution in [0.25, 0.3) is 16.4 Å². The number of methoxy groups -OCH3 is 2. The van der Waals surface area contributed by atoms with Crippen molar-refractivity contribution in [2.45, 2.75) is 5.16 Å². The molecule has 0 aliphatic heterocycles. The summed E-state index contributed by atoms with van der Waals surface area (Å²) in [5.74, 6) is 2.14. The Balaban J connectivity index is 1.70. The van der Waals surface area contributed by atoms with Crippen molar-refractivity contribution in [1.82, 2.24) is 14.8 Å². The summed E-state index contributed by atoms with van der Waals surface area (Å²) in [6, 6.07) is 18.9. The van der Waals surface area contributed by atoms with Crippen LogP contribution in [0.2, 0.25) is 0 Å². The second kappa shape index (κ2) is 9.15. The van der Waals surface area contributed by atoms with E-state index in [1.807, 2.05) is 58.5 Å². The van der Waals surface area contributed by atoms with Crippen LogP contribution in [0.15, 0.2) is 71.2 Å². The molecule has 0 amide bonds. The highest BCUT2D eigenvalue weighted by Gasteiger charge is 2.21. The Bertz CT molecular complexity index is 1160. The Morgan fingerprint density at radius 2 is 1.70 bits per heavy atom. The van der Waals surface area contributed by atoms with Crippen LogP contribution in [-0.4, -0.2) is 40.5 Å². The monoisotopic (exact) mass is 437 g/mol. The Hall–Kier alpha value is -3.10. The molecule has 152 valence electrons. The fourth-order valence-corrected chi connectivity index (χ4v) is 4.57. The molecule has 0 saturated carbocycles. The van der Waals surface area contributed by atoms with Crippen LogP contribution in [0.3, 0.4) is 0 Å². The highest BCUT2D eigenvalue weighted by atomic mass is 32.2. The second-order valence-corrected chi connectivity index (χ2v) is 8.09. The molecule has 0 N–H and O–H groups in total. The fourth-order valence-electron chi connectivity index (χ4n) is 3.04. The van der Waals surface area contributed by atoms with E-state index in [4.69, 9.17) is 9.47 Å². The molecule has 0 radical (unpaired) electrons. The number of benzene rings is 2. The van der Waals surface area contributed by atoms with Gasteiger partial charge in [0.15, 0.2) is 16.8 Å². The third-order valence-electron chi connectivity index (χ3n) is 4.44. The Morgan fingerprint density at radius 1 is 0.967 bits per heavy atom. The molecule has 6 nitrogen and oxygen atoms in total. The standard InChI is InChI=1S/C22H19N3O3S2/c1-27-18-10-5-3-8-15(18)17(26)14-30-22-24-23-21(20-12-7-13-29-20)25(22)16-9-4-6-11-19(16)28-2/h3-13H,14H2,1-2H3. The number of thiophene rings is 1. The van der Waals surface area contributed by atoms with Crippen molar-refractivity contribution in [3.05, 3.63) is 71.6 Å². The molecule has 0 atom stereocenters. The van der Waals surface area contributed by atoms with E-state index in [1.165, 1.54) is 11.8 Å². The maximum absolute atomic E-state index is 12.8. The predicted molar refractivity (Wildman–Crippen MR) is 119 cm³/mol. The van der Waals surface area contributed by atoms with Crippen molar-refractivity contribution in [2.75, 3.05) is 20.0 Å². The number of nitrogens with zero attached hydrogens (tertiary/aromatic N) is 3. The number of hydrogen-bond acceptors (Lipinski definition) is 7. The summed E-state index contributed by atoms with van der Waals surface area (Å²) in [6.45, 7) is 0. The van der Waals surface area contributed by atoms with Crippen LogP contribution in [0, 0.1) is 0 Å². The van der Waals surface area contributed by atoms with E-state index in [1.54, 1.807) is 37.7 Å². The number of para-hydroxylation sites is 3. The number of hydrogen-bond donors (Lipinski definition) is 0. The Kier molecular flexibility index (Phi) is 6.15. The van der Waals surface area contributed by atoms with Gasteiger partial charge in [-0.25, -0.2) is 0 Å². The lowest BCUT2D eigenvalue weighted by molar-refractivity contribution is 0.101. The minimum atomic E-state index is -0.0373. The molecular weight excluding hydrogens is 418 g/mol. The topological polar surface area (TPSA) is 66.2 Å².